The van der Waals surface area contributed by atoms with Gasteiger partial charge in [0.15, 0.2) is 0 Å². The Kier molecular flexibility index (Phi) is 6.19. The quantitative estimate of drug-likeness (QED) is 0.615. The summed E-state index contributed by atoms with van der Waals surface area (Å²) in [5.41, 5.74) is 0.978. The van der Waals surface area contributed by atoms with Crippen molar-refractivity contribution < 1.29 is 9.18 Å². The molecule has 0 atom stereocenters. The van der Waals surface area contributed by atoms with Crippen molar-refractivity contribution >= 4 is 34.8 Å². The van der Waals surface area contributed by atoms with Crippen LogP contribution in [0, 0.1) is 17.1 Å². The van der Waals surface area contributed by atoms with Gasteiger partial charge in [-0.25, -0.2) is 4.39 Å². The van der Waals surface area contributed by atoms with E-state index in [0.29, 0.717) is 21.3 Å². The van der Waals surface area contributed by atoms with Gasteiger partial charge in [-0.3, -0.25) is 4.79 Å². The van der Waals surface area contributed by atoms with Crippen molar-refractivity contribution in [3.8, 4) is 6.07 Å². The number of nitriles is 1. The van der Waals surface area contributed by atoms with Gasteiger partial charge in [0.05, 0.1) is 10.0 Å². The highest BCUT2D eigenvalue weighted by Crippen LogP contribution is 2.25. The summed E-state index contributed by atoms with van der Waals surface area (Å²) in [5.74, 6) is -0.946. The average Bonchev–Trinajstić information content (AvgIpc) is 2.55. The fraction of sp³-hybridized carbons (Fsp3) is 0.0588. The van der Waals surface area contributed by atoms with E-state index in [1.54, 1.807) is 24.3 Å². The van der Waals surface area contributed by atoms with Gasteiger partial charge < -0.3 is 10.6 Å². The van der Waals surface area contributed by atoms with E-state index >= 15 is 0 Å². The van der Waals surface area contributed by atoms with Gasteiger partial charge in [-0.15, -0.1) is 0 Å². The third-order valence-corrected chi connectivity index (χ3v) is 3.72. The Morgan fingerprint density at radius 1 is 1.21 bits per heavy atom. The molecular formula is C17H12Cl2FN3O. The number of amides is 1. The second kappa shape index (κ2) is 8.34. The normalized spacial score (nSPS) is 10.8. The molecule has 2 rings (SSSR count). The van der Waals surface area contributed by atoms with Crippen LogP contribution < -0.4 is 10.6 Å². The van der Waals surface area contributed by atoms with Gasteiger partial charge in [0.25, 0.3) is 5.91 Å². The number of hydrogen-bond acceptors (Lipinski definition) is 3. The Balaban J connectivity index is 2.00. The van der Waals surface area contributed by atoms with Crippen LogP contribution in [0.5, 0.6) is 0 Å². The van der Waals surface area contributed by atoms with Crippen molar-refractivity contribution in [2.75, 3.05) is 5.32 Å². The Bertz CT molecular complexity index is 831. The minimum Gasteiger partial charge on any atom is -0.386 e. The monoisotopic (exact) mass is 363 g/mol. The van der Waals surface area contributed by atoms with Crippen LogP contribution in [0.25, 0.3) is 0 Å². The zero-order chi connectivity index (χ0) is 17.5. The SMILES string of the molecule is N#C/C(=C/NCc1cccc(F)c1)C(=O)Nc1ccc(Cl)c(Cl)c1. The molecule has 0 spiro atoms. The maximum atomic E-state index is 13.1. The molecule has 0 saturated carbocycles. The molecule has 0 heterocycles. The van der Waals surface area contributed by atoms with Gasteiger partial charge in [-0.1, -0.05) is 35.3 Å². The van der Waals surface area contributed by atoms with E-state index in [1.807, 2.05) is 0 Å². The number of hydrogen-bond donors (Lipinski definition) is 2. The fourth-order valence-electron chi connectivity index (χ4n) is 1.84. The van der Waals surface area contributed by atoms with Crippen LogP contribution in [-0.2, 0) is 11.3 Å². The number of nitrogens with one attached hydrogen (secondary N) is 2. The smallest absolute Gasteiger partial charge is 0.267 e. The Hall–Kier alpha value is -2.55. The van der Waals surface area contributed by atoms with E-state index in [2.05, 4.69) is 10.6 Å². The van der Waals surface area contributed by atoms with Gasteiger partial charge in [0.2, 0.25) is 0 Å². The molecule has 0 aromatic heterocycles. The van der Waals surface area contributed by atoms with Crippen molar-refractivity contribution in [1.82, 2.24) is 5.32 Å². The van der Waals surface area contributed by atoms with Crippen molar-refractivity contribution in [2.45, 2.75) is 6.54 Å². The van der Waals surface area contributed by atoms with Crippen molar-refractivity contribution in [1.29, 1.82) is 5.26 Å². The number of nitrogens with zero attached hydrogens (tertiary/aromatic N) is 1. The second-order valence-corrected chi connectivity index (χ2v) is 5.58. The lowest BCUT2D eigenvalue weighted by atomic mass is 10.2. The van der Waals surface area contributed by atoms with Crippen molar-refractivity contribution in [3.63, 3.8) is 0 Å². The number of carbonyl (C=O) groups is 1. The van der Waals surface area contributed by atoms with Crippen LogP contribution in [-0.4, -0.2) is 5.91 Å². The minimum absolute atomic E-state index is 0.127. The third-order valence-electron chi connectivity index (χ3n) is 2.98. The Labute approximate surface area is 148 Å². The number of carbonyl (C=O) groups excluding carboxylic acids is 1. The highest BCUT2D eigenvalue weighted by molar-refractivity contribution is 6.42. The first-order valence-corrected chi connectivity index (χ1v) is 7.59. The van der Waals surface area contributed by atoms with E-state index in [0.717, 1.165) is 0 Å². The van der Waals surface area contributed by atoms with Gasteiger partial charge in [-0.05, 0) is 35.9 Å². The van der Waals surface area contributed by atoms with Crippen LogP contribution >= 0.6 is 23.2 Å². The van der Waals surface area contributed by atoms with Crippen LogP contribution in [0.3, 0.4) is 0 Å². The molecule has 122 valence electrons. The van der Waals surface area contributed by atoms with Crippen LogP contribution in [0.4, 0.5) is 10.1 Å². The molecule has 0 aliphatic heterocycles. The first-order valence-electron chi connectivity index (χ1n) is 6.84. The molecular weight excluding hydrogens is 352 g/mol. The highest BCUT2D eigenvalue weighted by Gasteiger charge is 2.10. The first-order chi connectivity index (χ1) is 11.5. The fourth-order valence-corrected chi connectivity index (χ4v) is 2.14. The van der Waals surface area contributed by atoms with Gasteiger partial charge >= 0.3 is 0 Å². The summed E-state index contributed by atoms with van der Waals surface area (Å²) in [4.78, 5) is 12.1. The molecule has 0 unspecified atom stereocenters. The van der Waals surface area contributed by atoms with Crippen molar-refractivity contribution in [3.05, 3.63) is 75.7 Å². The third kappa shape index (κ3) is 4.98. The second-order valence-electron chi connectivity index (χ2n) is 4.76. The van der Waals surface area contributed by atoms with Gasteiger partial charge in [-0.2, -0.15) is 5.26 Å². The van der Waals surface area contributed by atoms with E-state index in [1.165, 1.54) is 30.5 Å². The highest BCUT2D eigenvalue weighted by atomic mass is 35.5. The standard InChI is InChI=1S/C17H12Cl2FN3O/c18-15-5-4-14(7-16(15)19)23-17(24)12(8-21)10-22-9-11-2-1-3-13(20)6-11/h1-7,10,22H,9H2,(H,23,24)/b12-10-. The number of rotatable bonds is 5. The molecule has 0 aliphatic carbocycles. The minimum atomic E-state index is -0.595. The van der Waals surface area contributed by atoms with Crippen LogP contribution in [0.2, 0.25) is 10.0 Å². The predicted molar refractivity (Wildman–Crippen MR) is 92.0 cm³/mol. The molecule has 0 bridgehead atoms. The predicted octanol–water partition coefficient (Wildman–Crippen LogP) is 4.27. The zero-order valence-electron chi connectivity index (χ0n) is 12.3. The summed E-state index contributed by atoms with van der Waals surface area (Å²) in [6.45, 7) is 0.281. The summed E-state index contributed by atoms with van der Waals surface area (Å²) in [5, 5.41) is 15.1. The maximum absolute atomic E-state index is 13.1. The van der Waals surface area contributed by atoms with Crippen LogP contribution in [0.1, 0.15) is 5.56 Å². The molecule has 0 aliphatic rings. The number of benzene rings is 2. The maximum Gasteiger partial charge on any atom is 0.267 e. The van der Waals surface area contributed by atoms with E-state index in [-0.39, 0.29) is 17.9 Å². The summed E-state index contributed by atoms with van der Waals surface area (Å²) < 4.78 is 13.1. The van der Waals surface area contributed by atoms with E-state index < -0.39 is 5.91 Å². The molecule has 0 saturated heterocycles. The molecule has 1 amide bonds. The molecule has 4 nitrogen and oxygen atoms in total. The number of halogens is 3. The molecule has 24 heavy (non-hydrogen) atoms. The Morgan fingerprint density at radius 2 is 2.00 bits per heavy atom. The first kappa shape index (κ1) is 17.8. The topological polar surface area (TPSA) is 64.9 Å². The molecule has 0 radical (unpaired) electrons. The summed E-state index contributed by atoms with van der Waals surface area (Å²) in [6.07, 6.45) is 1.28. The molecule has 2 N–H and O–H groups in total. The average molecular weight is 364 g/mol. The number of anilines is 1. The van der Waals surface area contributed by atoms with Gasteiger partial charge in [0, 0.05) is 18.4 Å². The molecule has 7 heteroatoms. The van der Waals surface area contributed by atoms with Gasteiger partial charge in [0.1, 0.15) is 17.5 Å². The lowest BCUT2D eigenvalue weighted by Gasteiger charge is -2.06. The summed E-state index contributed by atoms with van der Waals surface area (Å²) >= 11 is 11.7. The Morgan fingerprint density at radius 3 is 2.67 bits per heavy atom. The van der Waals surface area contributed by atoms with E-state index in [9.17, 15) is 9.18 Å². The zero-order valence-corrected chi connectivity index (χ0v) is 13.8. The summed E-state index contributed by atoms with van der Waals surface area (Å²) in [7, 11) is 0. The van der Waals surface area contributed by atoms with Crippen molar-refractivity contribution in [2.24, 2.45) is 0 Å². The largest absolute Gasteiger partial charge is 0.386 e. The molecule has 2 aromatic carbocycles. The molecule has 2 aromatic rings. The van der Waals surface area contributed by atoms with Crippen LogP contribution in [0.15, 0.2) is 54.2 Å². The molecule has 0 fully saturated rings. The summed E-state index contributed by atoms with van der Waals surface area (Å²) in [6, 6.07) is 12.4. The van der Waals surface area contributed by atoms with E-state index in [4.69, 9.17) is 28.5 Å². The lowest BCUT2D eigenvalue weighted by molar-refractivity contribution is -0.112. The lowest BCUT2D eigenvalue weighted by Crippen LogP contribution is -2.16.